The molecule has 1 heterocycles. The van der Waals surface area contributed by atoms with Crippen molar-refractivity contribution in [2.45, 2.75) is 26.2 Å². The number of hydrogen-bond acceptors (Lipinski definition) is 5. The molecule has 0 saturated heterocycles. The number of rotatable bonds is 5. The quantitative estimate of drug-likeness (QED) is 0.716. The van der Waals surface area contributed by atoms with Crippen LogP contribution in [-0.4, -0.2) is 23.5 Å². The molecule has 1 unspecified atom stereocenters. The number of nitrogens with zero attached hydrogens (tertiary/aromatic N) is 1. The van der Waals surface area contributed by atoms with E-state index in [2.05, 4.69) is 10.5 Å². The highest BCUT2D eigenvalue weighted by Crippen LogP contribution is 2.40. The SMILES string of the molecule is Cc1ccc(OCC(=O)Nc2conc2-c2ccccc2)c2c1C(C)CC2=O. The lowest BCUT2D eigenvalue weighted by Crippen LogP contribution is -2.21. The molecule has 1 amide bonds. The predicted molar refractivity (Wildman–Crippen MR) is 105 cm³/mol. The van der Waals surface area contributed by atoms with Gasteiger partial charge in [-0.05, 0) is 30.0 Å². The summed E-state index contributed by atoms with van der Waals surface area (Å²) in [5.74, 6) is 0.337. The first-order chi connectivity index (χ1) is 13.5. The average Bonchev–Trinajstić information content (AvgIpc) is 3.26. The molecule has 0 saturated carbocycles. The van der Waals surface area contributed by atoms with Gasteiger partial charge in [0.05, 0.1) is 5.56 Å². The first-order valence-corrected chi connectivity index (χ1v) is 9.13. The van der Waals surface area contributed by atoms with E-state index in [1.807, 2.05) is 50.2 Å². The van der Waals surface area contributed by atoms with Crippen LogP contribution in [0.4, 0.5) is 5.69 Å². The number of aromatic nitrogens is 1. The normalized spacial score (nSPS) is 15.4. The largest absolute Gasteiger partial charge is 0.483 e. The second-order valence-corrected chi connectivity index (χ2v) is 6.98. The Morgan fingerprint density at radius 2 is 2.04 bits per heavy atom. The Labute approximate surface area is 162 Å². The Bertz CT molecular complexity index is 1040. The van der Waals surface area contributed by atoms with Crippen molar-refractivity contribution in [1.29, 1.82) is 0 Å². The van der Waals surface area contributed by atoms with Crippen LogP contribution in [0.15, 0.2) is 53.3 Å². The molecule has 0 spiro atoms. The minimum Gasteiger partial charge on any atom is -0.483 e. The van der Waals surface area contributed by atoms with Gasteiger partial charge in [-0.1, -0.05) is 48.5 Å². The minimum absolute atomic E-state index is 0.0620. The minimum atomic E-state index is -0.354. The second-order valence-electron chi connectivity index (χ2n) is 6.98. The Hall–Kier alpha value is -3.41. The predicted octanol–water partition coefficient (Wildman–Crippen LogP) is 4.36. The number of aryl methyl sites for hydroxylation is 1. The molecule has 0 bridgehead atoms. The highest BCUT2D eigenvalue weighted by molar-refractivity contribution is 6.04. The van der Waals surface area contributed by atoms with Crippen LogP contribution in [0, 0.1) is 6.92 Å². The fraction of sp³-hybridized carbons (Fsp3) is 0.227. The van der Waals surface area contributed by atoms with Crippen LogP contribution >= 0.6 is 0 Å². The lowest BCUT2D eigenvalue weighted by molar-refractivity contribution is -0.118. The molecule has 1 aliphatic carbocycles. The van der Waals surface area contributed by atoms with Crippen molar-refractivity contribution in [3.63, 3.8) is 0 Å². The smallest absolute Gasteiger partial charge is 0.262 e. The van der Waals surface area contributed by atoms with E-state index in [4.69, 9.17) is 9.26 Å². The summed E-state index contributed by atoms with van der Waals surface area (Å²) in [4.78, 5) is 24.7. The first-order valence-electron chi connectivity index (χ1n) is 9.13. The van der Waals surface area contributed by atoms with E-state index in [0.29, 0.717) is 29.1 Å². The fourth-order valence-corrected chi connectivity index (χ4v) is 3.69. The number of carbonyl (C=O) groups excluding carboxylic acids is 2. The van der Waals surface area contributed by atoms with Crippen LogP contribution in [0.3, 0.4) is 0 Å². The topological polar surface area (TPSA) is 81.4 Å². The van der Waals surface area contributed by atoms with Gasteiger partial charge < -0.3 is 14.6 Å². The Morgan fingerprint density at radius 1 is 1.25 bits per heavy atom. The van der Waals surface area contributed by atoms with Crippen LogP contribution in [0.25, 0.3) is 11.3 Å². The number of carbonyl (C=O) groups is 2. The molecule has 28 heavy (non-hydrogen) atoms. The number of Topliss-reactive ketones (excluding diaryl/α,β-unsaturated/α-hetero) is 1. The zero-order valence-corrected chi connectivity index (χ0v) is 15.7. The van der Waals surface area contributed by atoms with Gasteiger partial charge in [-0.25, -0.2) is 0 Å². The van der Waals surface area contributed by atoms with Crippen LogP contribution in [-0.2, 0) is 4.79 Å². The molecule has 3 aromatic rings. The summed E-state index contributed by atoms with van der Waals surface area (Å²) in [6, 6.07) is 13.1. The Kier molecular flexibility index (Phi) is 4.69. The van der Waals surface area contributed by atoms with Gasteiger partial charge in [-0.3, -0.25) is 9.59 Å². The number of fused-ring (bicyclic) bond motifs is 1. The lowest BCUT2D eigenvalue weighted by atomic mass is 9.97. The molecule has 0 radical (unpaired) electrons. The van der Waals surface area contributed by atoms with Gasteiger partial charge in [0.1, 0.15) is 23.4 Å². The van der Waals surface area contributed by atoms with E-state index in [-0.39, 0.29) is 24.2 Å². The molecule has 0 fully saturated rings. The summed E-state index contributed by atoms with van der Waals surface area (Å²) < 4.78 is 10.7. The maximum Gasteiger partial charge on any atom is 0.262 e. The second kappa shape index (κ2) is 7.31. The number of benzene rings is 2. The molecule has 4 rings (SSSR count). The molecule has 2 aromatic carbocycles. The van der Waals surface area contributed by atoms with E-state index in [1.54, 1.807) is 6.07 Å². The molecule has 1 N–H and O–H groups in total. The summed E-state index contributed by atoms with van der Waals surface area (Å²) in [5, 5.41) is 6.71. The third-order valence-corrected chi connectivity index (χ3v) is 4.94. The number of hydrogen-bond donors (Lipinski definition) is 1. The van der Waals surface area contributed by atoms with Crippen molar-refractivity contribution in [3.05, 3.63) is 65.4 Å². The number of amides is 1. The summed E-state index contributed by atoms with van der Waals surface area (Å²) >= 11 is 0. The molecule has 1 aromatic heterocycles. The molecule has 6 heteroatoms. The van der Waals surface area contributed by atoms with E-state index < -0.39 is 0 Å². The van der Waals surface area contributed by atoms with Crippen LogP contribution in [0.5, 0.6) is 5.75 Å². The molecular formula is C22H20N2O4. The van der Waals surface area contributed by atoms with E-state index in [1.165, 1.54) is 6.26 Å². The summed E-state index contributed by atoms with van der Waals surface area (Å²) in [5.41, 5.74) is 4.56. The molecular weight excluding hydrogens is 356 g/mol. The van der Waals surface area contributed by atoms with E-state index >= 15 is 0 Å². The lowest BCUT2D eigenvalue weighted by Gasteiger charge is -2.13. The van der Waals surface area contributed by atoms with Gasteiger partial charge in [-0.15, -0.1) is 0 Å². The number of ketones is 1. The Morgan fingerprint density at radius 3 is 2.82 bits per heavy atom. The standard InChI is InChI=1S/C22H20N2O4/c1-13-8-9-18(21-17(25)10-14(2)20(13)21)27-12-19(26)23-16-11-28-24-22(16)15-6-4-3-5-7-15/h3-9,11,14H,10,12H2,1-2H3,(H,23,26). The van der Waals surface area contributed by atoms with Crippen molar-refractivity contribution in [2.75, 3.05) is 11.9 Å². The molecule has 6 nitrogen and oxygen atoms in total. The number of anilines is 1. The maximum absolute atomic E-state index is 12.4. The van der Waals surface area contributed by atoms with Gasteiger partial charge >= 0.3 is 0 Å². The van der Waals surface area contributed by atoms with Crippen LogP contribution in [0.1, 0.15) is 40.7 Å². The molecule has 1 aliphatic rings. The highest BCUT2D eigenvalue weighted by Gasteiger charge is 2.31. The van der Waals surface area contributed by atoms with E-state index in [9.17, 15) is 9.59 Å². The number of nitrogens with one attached hydrogen (secondary N) is 1. The van der Waals surface area contributed by atoms with Gasteiger partial charge in [0.2, 0.25) is 0 Å². The van der Waals surface area contributed by atoms with Crippen molar-refractivity contribution < 1.29 is 18.8 Å². The van der Waals surface area contributed by atoms with Crippen molar-refractivity contribution in [2.24, 2.45) is 0 Å². The fourth-order valence-electron chi connectivity index (χ4n) is 3.69. The highest BCUT2D eigenvalue weighted by atomic mass is 16.5. The first kappa shape index (κ1) is 18.0. The van der Waals surface area contributed by atoms with Crippen molar-refractivity contribution in [3.8, 4) is 17.0 Å². The third-order valence-electron chi connectivity index (χ3n) is 4.94. The summed E-state index contributed by atoms with van der Waals surface area (Å²) in [6.45, 7) is 3.81. The summed E-state index contributed by atoms with van der Waals surface area (Å²) in [6.07, 6.45) is 1.86. The maximum atomic E-state index is 12.4. The van der Waals surface area contributed by atoms with Gasteiger partial charge in [0.25, 0.3) is 5.91 Å². The Balaban J connectivity index is 1.48. The van der Waals surface area contributed by atoms with Crippen LogP contribution < -0.4 is 10.1 Å². The van der Waals surface area contributed by atoms with Gasteiger partial charge in [-0.2, -0.15) is 0 Å². The zero-order valence-electron chi connectivity index (χ0n) is 15.7. The number of ether oxygens (including phenoxy) is 1. The van der Waals surface area contributed by atoms with E-state index in [0.717, 1.165) is 16.7 Å². The zero-order chi connectivity index (χ0) is 19.7. The monoisotopic (exact) mass is 376 g/mol. The van der Waals surface area contributed by atoms with Crippen LogP contribution in [0.2, 0.25) is 0 Å². The van der Waals surface area contributed by atoms with Gasteiger partial charge in [0.15, 0.2) is 12.4 Å². The van der Waals surface area contributed by atoms with Gasteiger partial charge in [0, 0.05) is 12.0 Å². The molecule has 0 aliphatic heterocycles. The van der Waals surface area contributed by atoms with Crippen molar-refractivity contribution >= 4 is 17.4 Å². The average molecular weight is 376 g/mol. The third kappa shape index (κ3) is 3.29. The molecule has 142 valence electrons. The molecule has 1 atom stereocenters. The van der Waals surface area contributed by atoms with Crippen molar-refractivity contribution in [1.82, 2.24) is 5.16 Å². The summed E-state index contributed by atoms with van der Waals surface area (Å²) in [7, 11) is 0.